The fourth-order valence-corrected chi connectivity index (χ4v) is 5.25. The third-order valence-electron chi connectivity index (χ3n) is 6.48. The fraction of sp³-hybridized carbons (Fsp3) is 0.440. The average molecular weight is 567 g/mol. The molecule has 0 saturated carbocycles. The number of hydrogen-bond acceptors (Lipinski definition) is 7. The Hall–Kier alpha value is -3.68. The molecule has 1 aliphatic heterocycles. The molecule has 3 aromatic rings. The van der Waals surface area contributed by atoms with E-state index in [0.717, 1.165) is 23.6 Å². The molecule has 0 radical (unpaired) electrons. The molecule has 0 bridgehead atoms. The standard InChI is InChI=1S/C25H29F3N6O4S/c1-15-6-5-7-16(2)23(15)20-11-21(31-24(30-20)32-39(36,37)19-12-29-33(4)14-19)38-18-8-9-34(13-18)22(35)10-17(3)25(26,27)28/h5-7,11-12,14,17-18H,8-10,13H2,1-4H3,(H,30,31,32). The Bertz CT molecular complexity index is 1450. The van der Waals surface area contributed by atoms with Crippen molar-refractivity contribution in [2.24, 2.45) is 13.0 Å². The first-order valence-electron chi connectivity index (χ1n) is 12.2. The van der Waals surface area contributed by atoms with Crippen molar-refractivity contribution in [1.82, 2.24) is 24.6 Å². The van der Waals surface area contributed by atoms with Gasteiger partial charge in [-0.15, -0.1) is 0 Å². The number of alkyl halides is 3. The number of nitrogens with zero attached hydrogens (tertiary/aromatic N) is 5. The maximum absolute atomic E-state index is 12.9. The summed E-state index contributed by atoms with van der Waals surface area (Å²) < 4.78 is 74.3. The summed E-state index contributed by atoms with van der Waals surface area (Å²) in [6.07, 6.45) is -2.72. The number of sulfonamides is 1. The van der Waals surface area contributed by atoms with Crippen LogP contribution in [0.4, 0.5) is 19.1 Å². The van der Waals surface area contributed by atoms with Crippen molar-refractivity contribution in [3.63, 3.8) is 0 Å². The van der Waals surface area contributed by atoms with E-state index >= 15 is 0 Å². The molecule has 39 heavy (non-hydrogen) atoms. The second kappa shape index (κ2) is 10.8. The van der Waals surface area contributed by atoms with E-state index in [9.17, 15) is 26.4 Å². The number of aromatic nitrogens is 4. The second-order valence-electron chi connectivity index (χ2n) is 9.65. The lowest BCUT2D eigenvalue weighted by atomic mass is 10.00. The third kappa shape index (κ3) is 6.67. The van der Waals surface area contributed by atoms with E-state index in [2.05, 4.69) is 19.8 Å². The van der Waals surface area contributed by atoms with Gasteiger partial charge in [0, 0.05) is 44.3 Å². The van der Waals surface area contributed by atoms with E-state index in [4.69, 9.17) is 4.74 Å². The molecule has 4 rings (SSSR count). The van der Waals surface area contributed by atoms with Crippen LogP contribution in [-0.4, -0.2) is 64.3 Å². The van der Waals surface area contributed by atoms with Gasteiger partial charge in [-0.3, -0.25) is 9.48 Å². The molecule has 1 aliphatic rings. The first kappa shape index (κ1) is 28.3. The molecule has 1 amide bonds. The van der Waals surface area contributed by atoms with E-state index < -0.39 is 40.5 Å². The number of nitrogens with one attached hydrogen (secondary N) is 1. The van der Waals surface area contributed by atoms with Crippen LogP contribution in [0.3, 0.4) is 0 Å². The Morgan fingerprint density at radius 2 is 1.92 bits per heavy atom. The van der Waals surface area contributed by atoms with E-state index in [-0.39, 0.29) is 29.8 Å². The van der Waals surface area contributed by atoms with Crippen molar-refractivity contribution in [1.29, 1.82) is 0 Å². The Labute approximate surface area is 224 Å². The van der Waals surface area contributed by atoms with Gasteiger partial charge in [0.05, 0.1) is 24.4 Å². The molecule has 2 aromatic heterocycles. The van der Waals surface area contributed by atoms with Crippen molar-refractivity contribution in [2.75, 3.05) is 17.8 Å². The maximum Gasteiger partial charge on any atom is 0.392 e. The predicted molar refractivity (Wildman–Crippen MR) is 136 cm³/mol. The summed E-state index contributed by atoms with van der Waals surface area (Å²) in [6, 6.07) is 7.26. The van der Waals surface area contributed by atoms with Gasteiger partial charge in [-0.05, 0) is 25.0 Å². The minimum atomic E-state index is -4.45. The number of carbonyl (C=O) groups is 1. The number of halogens is 3. The van der Waals surface area contributed by atoms with Crippen LogP contribution in [0, 0.1) is 19.8 Å². The number of carbonyl (C=O) groups excluding carboxylic acids is 1. The number of likely N-dealkylation sites (tertiary alicyclic amines) is 1. The zero-order valence-corrected chi connectivity index (χ0v) is 22.7. The molecule has 10 nitrogen and oxygen atoms in total. The smallest absolute Gasteiger partial charge is 0.392 e. The summed E-state index contributed by atoms with van der Waals surface area (Å²) in [5.74, 6) is -2.51. The molecule has 2 atom stereocenters. The molecule has 1 fully saturated rings. The van der Waals surface area contributed by atoms with Crippen LogP contribution >= 0.6 is 0 Å². The highest BCUT2D eigenvalue weighted by atomic mass is 32.2. The van der Waals surface area contributed by atoms with Gasteiger partial charge >= 0.3 is 6.18 Å². The molecule has 1 saturated heterocycles. The zero-order valence-electron chi connectivity index (χ0n) is 21.9. The number of amides is 1. The molecule has 0 spiro atoms. The minimum absolute atomic E-state index is 0.0644. The van der Waals surface area contributed by atoms with Crippen LogP contribution in [0.5, 0.6) is 5.88 Å². The average Bonchev–Trinajstić information content (AvgIpc) is 3.47. The van der Waals surface area contributed by atoms with E-state index in [1.54, 1.807) is 13.1 Å². The Balaban J connectivity index is 1.59. The van der Waals surface area contributed by atoms with Crippen LogP contribution in [0.15, 0.2) is 41.6 Å². The number of benzene rings is 1. The van der Waals surface area contributed by atoms with Crippen LogP contribution in [0.25, 0.3) is 11.3 Å². The highest BCUT2D eigenvalue weighted by Crippen LogP contribution is 2.31. The van der Waals surface area contributed by atoms with Gasteiger partial charge in [-0.1, -0.05) is 25.1 Å². The molecule has 1 N–H and O–H groups in total. The van der Waals surface area contributed by atoms with E-state index in [1.165, 1.54) is 22.0 Å². The van der Waals surface area contributed by atoms with Gasteiger partial charge < -0.3 is 9.64 Å². The molecular weight excluding hydrogens is 537 g/mol. The molecular formula is C25H29F3N6O4S. The molecule has 210 valence electrons. The van der Waals surface area contributed by atoms with Gasteiger partial charge in [0.1, 0.15) is 11.0 Å². The van der Waals surface area contributed by atoms with Crippen molar-refractivity contribution in [3.8, 4) is 17.1 Å². The summed E-state index contributed by atoms with van der Waals surface area (Å²) in [7, 11) is -2.47. The lowest BCUT2D eigenvalue weighted by molar-refractivity contribution is -0.176. The fourth-order valence-electron chi connectivity index (χ4n) is 4.32. The van der Waals surface area contributed by atoms with Gasteiger partial charge in [-0.25, -0.2) is 18.1 Å². The maximum atomic E-state index is 12.9. The molecule has 1 aromatic carbocycles. The predicted octanol–water partition coefficient (Wildman–Crippen LogP) is 3.86. The number of anilines is 1. The van der Waals surface area contributed by atoms with Gasteiger partial charge in [-0.2, -0.15) is 23.3 Å². The first-order chi connectivity index (χ1) is 18.2. The highest BCUT2D eigenvalue weighted by Gasteiger charge is 2.39. The van der Waals surface area contributed by atoms with Crippen LogP contribution in [0.2, 0.25) is 0 Å². The zero-order chi connectivity index (χ0) is 28.5. The molecule has 14 heteroatoms. The van der Waals surface area contributed by atoms with Crippen LogP contribution < -0.4 is 9.46 Å². The lowest BCUT2D eigenvalue weighted by Crippen LogP contribution is -2.34. The van der Waals surface area contributed by atoms with Crippen molar-refractivity contribution >= 4 is 21.9 Å². The third-order valence-corrected chi connectivity index (χ3v) is 7.76. The summed E-state index contributed by atoms with van der Waals surface area (Å²) >= 11 is 0. The first-order valence-corrected chi connectivity index (χ1v) is 13.7. The SMILES string of the molecule is Cc1cccc(C)c1-c1cc(OC2CCN(C(=O)CC(C)C(F)(F)F)C2)nc(NS(=O)(=O)c2cnn(C)c2)n1. The van der Waals surface area contributed by atoms with E-state index in [0.29, 0.717) is 12.1 Å². The van der Waals surface area contributed by atoms with Gasteiger partial charge in [0.15, 0.2) is 0 Å². The number of ether oxygens (including phenoxy) is 1. The van der Waals surface area contributed by atoms with E-state index in [1.807, 2.05) is 32.0 Å². The number of rotatable bonds is 8. The monoisotopic (exact) mass is 566 g/mol. The van der Waals surface area contributed by atoms with Crippen molar-refractivity contribution in [3.05, 3.63) is 47.8 Å². The molecule has 3 heterocycles. The highest BCUT2D eigenvalue weighted by molar-refractivity contribution is 7.92. The van der Waals surface area contributed by atoms with Gasteiger partial charge in [0.25, 0.3) is 10.0 Å². The molecule has 0 aliphatic carbocycles. The summed E-state index contributed by atoms with van der Waals surface area (Å²) in [6.45, 7) is 5.10. The Kier molecular flexibility index (Phi) is 7.87. The summed E-state index contributed by atoms with van der Waals surface area (Å²) in [5, 5.41) is 3.89. The number of hydrogen-bond donors (Lipinski definition) is 1. The quantitative estimate of drug-likeness (QED) is 0.440. The Morgan fingerprint density at radius 1 is 1.23 bits per heavy atom. The summed E-state index contributed by atoms with van der Waals surface area (Å²) in [5.41, 5.74) is 3.00. The summed E-state index contributed by atoms with van der Waals surface area (Å²) in [4.78, 5) is 22.4. The normalized spacial score (nSPS) is 16.8. The second-order valence-corrected chi connectivity index (χ2v) is 11.3. The lowest BCUT2D eigenvalue weighted by Gasteiger charge is -2.21. The van der Waals surface area contributed by atoms with Crippen molar-refractivity contribution in [2.45, 2.75) is 50.8 Å². The van der Waals surface area contributed by atoms with Gasteiger partial charge in [0.2, 0.25) is 17.7 Å². The Morgan fingerprint density at radius 3 is 2.54 bits per heavy atom. The largest absolute Gasteiger partial charge is 0.472 e. The topological polar surface area (TPSA) is 119 Å². The molecule has 2 unspecified atom stereocenters. The van der Waals surface area contributed by atoms with Crippen LogP contribution in [-0.2, 0) is 21.9 Å². The minimum Gasteiger partial charge on any atom is -0.472 e. The van der Waals surface area contributed by atoms with Crippen molar-refractivity contribution < 1.29 is 31.1 Å². The number of aryl methyl sites for hydroxylation is 3. The van der Waals surface area contributed by atoms with Crippen LogP contribution in [0.1, 0.15) is 30.9 Å².